The molecule has 122 valence electrons. The third-order valence-electron chi connectivity index (χ3n) is 4.12. The maximum atomic E-state index is 12.1. The van der Waals surface area contributed by atoms with Gasteiger partial charge in [0.2, 0.25) is 0 Å². The van der Waals surface area contributed by atoms with Crippen molar-refractivity contribution in [3.05, 3.63) is 29.8 Å². The van der Waals surface area contributed by atoms with Crippen LogP contribution in [0.15, 0.2) is 24.3 Å². The van der Waals surface area contributed by atoms with E-state index < -0.39 is 0 Å². The summed E-state index contributed by atoms with van der Waals surface area (Å²) in [4.78, 5) is 14.6. The Bertz CT molecular complexity index is 487. The van der Waals surface area contributed by atoms with Gasteiger partial charge in [0, 0.05) is 42.9 Å². The molecule has 0 spiro atoms. The number of carbonyl (C=O) groups excluding carboxylic acids is 1. The van der Waals surface area contributed by atoms with E-state index in [0.717, 1.165) is 25.3 Å². The van der Waals surface area contributed by atoms with Crippen molar-refractivity contribution in [1.29, 1.82) is 0 Å². The normalized spacial score (nSPS) is 17.3. The molecule has 1 fully saturated rings. The highest BCUT2D eigenvalue weighted by molar-refractivity contribution is 7.99. The molecule has 1 atom stereocenters. The minimum absolute atomic E-state index is 0.122. The molecule has 0 radical (unpaired) electrons. The lowest BCUT2D eigenvalue weighted by Crippen LogP contribution is -2.39. The average molecular weight is 321 g/mol. The number of urea groups is 1. The summed E-state index contributed by atoms with van der Waals surface area (Å²) in [5, 5.41) is 6.00. The largest absolute Gasteiger partial charge is 0.335 e. The molecule has 2 amide bonds. The van der Waals surface area contributed by atoms with E-state index in [4.69, 9.17) is 0 Å². The number of hydrogen-bond acceptors (Lipinski definition) is 3. The van der Waals surface area contributed by atoms with Gasteiger partial charge in [0.15, 0.2) is 0 Å². The molecule has 4 nitrogen and oxygen atoms in total. The predicted molar refractivity (Wildman–Crippen MR) is 95.5 cm³/mol. The monoisotopic (exact) mass is 321 g/mol. The number of nitrogens with one attached hydrogen (secondary N) is 2. The Morgan fingerprint density at radius 2 is 1.91 bits per heavy atom. The first kappa shape index (κ1) is 17.2. The number of amides is 2. The second kappa shape index (κ2) is 8.44. The standard InChI is InChI=1S/C17H27N3OS/c1-13(2)14(3)18-17(21)19-16-7-5-4-6-15(16)12-20-8-10-22-11-9-20/h4-7,13-14H,8-12H2,1-3H3,(H2,18,19,21)/t14-/m1/s1. The molecular formula is C17H27N3OS. The molecule has 1 heterocycles. The Hall–Kier alpha value is -1.20. The second-order valence-corrected chi connectivity index (χ2v) is 7.40. The molecule has 1 aliphatic heterocycles. The Morgan fingerprint density at radius 3 is 2.59 bits per heavy atom. The van der Waals surface area contributed by atoms with Gasteiger partial charge in [0.05, 0.1) is 0 Å². The van der Waals surface area contributed by atoms with Crippen molar-refractivity contribution in [2.24, 2.45) is 5.92 Å². The van der Waals surface area contributed by atoms with Crippen LogP contribution in [0.1, 0.15) is 26.3 Å². The number of benzene rings is 1. The van der Waals surface area contributed by atoms with Gasteiger partial charge in [0.25, 0.3) is 0 Å². The van der Waals surface area contributed by atoms with Crippen molar-refractivity contribution < 1.29 is 4.79 Å². The van der Waals surface area contributed by atoms with Gasteiger partial charge >= 0.3 is 6.03 Å². The fraction of sp³-hybridized carbons (Fsp3) is 0.588. The fourth-order valence-corrected chi connectivity index (χ4v) is 3.29. The highest BCUT2D eigenvalue weighted by Crippen LogP contribution is 2.19. The van der Waals surface area contributed by atoms with Crippen LogP contribution >= 0.6 is 11.8 Å². The molecule has 1 aliphatic rings. The Kier molecular flexibility index (Phi) is 6.58. The van der Waals surface area contributed by atoms with Crippen LogP contribution in [0.25, 0.3) is 0 Å². The highest BCUT2D eigenvalue weighted by Gasteiger charge is 2.15. The van der Waals surface area contributed by atoms with Gasteiger partial charge in [-0.05, 0) is 24.5 Å². The predicted octanol–water partition coefficient (Wildman–Crippen LogP) is 3.40. The lowest BCUT2D eigenvalue weighted by atomic mass is 10.1. The summed E-state index contributed by atoms with van der Waals surface area (Å²) in [5.41, 5.74) is 2.09. The van der Waals surface area contributed by atoms with Crippen molar-refractivity contribution in [2.45, 2.75) is 33.4 Å². The number of para-hydroxylation sites is 1. The average Bonchev–Trinajstić information content (AvgIpc) is 2.50. The van der Waals surface area contributed by atoms with Gasteiger partial charge in [0.1, 0.15) is 0 Å². The van der Waals surface area contributed by atoms with Crippen molar-refractivity contribution in [1.82, 2.24) is 10.2 Å². The summed E-state index contributed by atoms with van der Waals surface area (Å²) in [6.07, 6.45) is 0. The highest BCUT2D eigenvalue weighted by atomic mass is 32.2. The number of rotatable bonds is 5. The maximum Gasteiger partial charge on any atom is 0.319 e. The molecule has 0 aliphatic carbocycles. The third kappa shape index (κ3) is 5.21. The molecule has 1 aromatic rings. The van der Waals surface area contributed by atoms with Gasteiger partial charge in [-0.25, -0.2) is 4.79 Å². The van der Waals surface area contributed by atoms with Crippen LogP contribution in [-0.4, -0.2) is 41.6 Å². The van der Waals surface area contributed by atoms with Crippen LogP contribution in [0.4, 0.5) is 10.5 Å². The van der Waals surface area contributed by atoms with Crippen LogP contribution in [0.5, 0.6) is 0 Å². The zero-order chi connectivity index (χ0) is 15.9. The lowest BCUT2D eigenvalue weighted by Gasteiger charge is -2.27. The summed E-state index contributed by atoms with van der Waals surface area (Å²) >= 11 is 2.01. The number of anilines is 1. The zero-order valence-corrected chi connectivity index (χ0v) is 14.6. The third-order valence-corrected chi connectivity index (χ3v) is 5.06. The van der Waals surface area contributed by atoms with Crippen molar-refractivity contribution in [3.63, 3.8) is 0 Å². The van der Waals surface area contributed by atoms with E-state index in [2.05, 4.69) is 35.4 Å². The van der Waals surface area contributed by atoms with E-state index in [1.807, 2.05) is 36.9 Å². The van der Waals surface area contributed by atoms with Crippen LogP contribution in [0.2, 0.25) is 0 Å². The van der Waals surface area contributed by atoms with E-state index >= 15 is 0 Å². The Labute approximate surface area is 138 Å². The van der Waals surface area contributed by atoms with Crippen molar-refractivity contribution in [3.8, 4) is 0 Å². The van der Waals surface area contributed by atoms with E-state index in [1.165, 1.54) is 17.1 Å². The maximum absolute atomic E-state index is 12.1. The number of hydrogen-bond donors (Lipinski definition) is 2. The van der Waals surface area contributed by atoms with E-state index in [9.17, 15) is 4.79 Å². The minimum Gasteiger partial charge on any atom is -0.335 e. The molecule has 2 N–H and O–H groups in total. The smallest absolute Gasteiger partial charge is 0.319 e. The number of thioether (sulfide) groups is 1. The van der Waals surface area contributed by atoms with Crippen molar-refractivity contribution in [2.75, 3.05) is 29.9 Å². The van der Waals surface area contributed by atoms with E-state index in [1.54, 1.807) is 0 Å². The minimum atomic E-state index is -0.122. The number of nitrogens with zero attached hydrogens (tertiary/aromatic N) is 1. The quantitative estimate of drug-likeness (QED) is 0.873. The Balaban J connectivity index is 1.96. The molecule has 1 aromatic carbocycles. The summed E-state index contributed by atoms with van der Waals surface area (Å²) in [7, 11) is 0. The van der Waals surface area contributed by atoms with Gasteiger partial charge in [-0.2, -0.15) is 11.8 Å². The summed E-state index contributed by atoms with van der Waals surface area (Å²) < 4.78 is 0. The van der Waals surface area contributed by atoms with Gasteiger partial charge in [-0.15, -0.1) is 0 Å². The molecule has 0 bridgehead atoms. The first-order valence-corrected chi connectivity index (χ1v) is 9.17. The summed E-state index contributed by atoms with van der Waals surface area (Å²) in [6, 6.07) is 8.12. The lowest BCUT2D eigenvalue weighted by molar-refractivity contribution is 0.246. The molecule has 0 unspecified atom stereocenters. The van der Waals surface area contributed by atoms with Crippen LogP contribution in [0.3, 0.4) is 0 Å². The first-order valence-electron chi connectivity index (χ1n) is 8.02. The first-order chi connectivity index (χ1) is 10.6. The van der Waals surface area contributed by atoms with Gasteiger partial charge < -0.3 is 10.6 Å². The molecule has 1 saturated heterocycles. The molecule has 0 aromatic heterocycles. The molecule has 5 heteroatoms. The molecular weight excluding hydrogens is 294 g/mol. The van der Waals surface area contributed by atoms with Crippen LogP contribution in [-0.2, 0) is 6.54 Å². The fourth-order valence-electron chi connectivity index (χ4n) is 2.31. The molecule has 2 rings (SSSR count). The van der Waals surface area contributed by atoms with E-state index in [0.29, 0.717) is 5.92 Å². The molecule has 22 heavy (non-hydrogen) atoms. The van der Waals surface area contributed by atoms with Crippen LogP contribution in [0, 0.1) is 5.92 Å². The summed E-state index contributed by atoms with van der Waals surface area (Å²) in [6.45, 7) is 9.38. The number of carbonyl (C=O) groups is 1. The van der Waals surface area contributed by atoms with Crippen LogP contribution < -0.4 is 10.6 Å². The zero-order valence-electron chi connectivity index (χ0n) is 13.8. The van der Waals surface area contributed by atoms with Gasteiger partial charge in [-0.1, -0.05) is 32.0 Å². The SMILES string of the molecule is CC(C)[C@@H](C)NC(=O)Nc1ccccc1CN1CCSCC1. The molecule has 0 saturated carbocycles. The Morgan fingerprint density at radius 1 is 1.23 bits per heavy atom. The van der Waals surface area contributed by atoms with Gasteiger partial charge in [-0.3, -0.25) is 4.90 Å². The topological polar surface area (TPSA) is 44.4 Å². The second-order valence-electron chi connectivity index (χ2n) is 6.18. The summed E-state index contributed by atoms with van der Waals surface area (Å²) in [5.74, 6) is 2.82. The van der Waals surface area contributed by atoms with E-state index in [-0.39, 0.29) is 12.1 Å². The van der Waals surface area contributed by atoms with Crippen molar-refractivity contribution >= 4 is 23.5 Å².